The molecule has 16 heavy (non-hydrogen) atoms. The summed E-state index contributed by atoms with van der Waals surface area (Å²) < 4.78 is 13.0. The Morgan fingerprint density at radius 2 is 2.25 bits per heavy atom. The van der Waals surface area contributed by atoms with Crippen molar-refractivity contribution in [3.8, 4) is 0 Å². The van der Waals surface area contributed by atoms with Crippen LogP contribution in [0.5, 0.6) is 0 Å². The zero-order chi connectivity index (χ0) is 11.9. The molecule has 0 spiro atoms. The topological polar surface area (TPSA) is 57.6 Å². The lowest BCUT2D eigenvalue weighted by molar-refractivity contribution is -0.139. The van der Waals surface area contributed by atoms with E-state index >= 15 is 0 Å². The molecular weight excluding hydrogens is 213 g/mol. The van der Waals surface area contributed by atoms with Crippen LogP contribution in [0.3, 0.4) is 0 Å². The molecule has 0 saturated carbocycles. The summed E-state index contributed by atoms with van der Waals surface area (Å²) in [5, 5.41) is 8.71. The molecule has 0 aliphatic carbocycles. The predicted octanol–water partition coefficient (Wildman–Crippen LogP) is 1.36. The predicted molar refractivity (Wildman–Crippen MR) is 54.8 cm³/mol. The van der Waals surface area contributed by atoms with Crippen molar-refractivity contribution < 1.29 is 19.1 Å². The summed E-state index contributed by atoms with van der Waals surface area (Å²) in [6.45, 7) is 0. The molecule has 0 fully saturated rings. The van der Waals surface area contributed by atoms with Crippen LogP contribution in [0.2, 0.25) is 0 Å². The van der Waals surface area contributed by atoms with Crippen LogP contribution in [0, 0.1) is 5.82 Å². The van der Waals surface area contributed by atoms with Crippen LogP contribution in [-0.4, -0.2) is 24.0 Å². The highest BCUT2D eigenvalue weighted by Crippen LogP contribution is 2.38. The van der Waals surface area contributed by atoms with Gasteiger partial charge in [0.2, 0.25) is 5.91 Å². The first-order chi connectivity index (χ1) is 7.50. The van der Waals surface area contributed by atoms with Crippen molar-refractivity contribution in [1.29, 1.82) is 0 Å². The van der Waals surface area contributed by atoms with E-state index in [1.54, 1.807) is 7.05 Å². The molecule has 0 unspecified atom stereocenters. The van der Waals surface area contributed by atoms with Crippen LogP contribution in [0.1, 0.15) is 17.9 Å². The molecule has 1 aliphatic heterocycles. The first-order valence-electron chi connectivity index (χ1n) is 4.79. The molecule has 1 aromatic rings. The second-order valence-electron chi connectivity index (χ2n) is 3.75. The smallest absolute Gasteiger partial charge is 0.304 e. The van der Waals surface area contributed by atoms with Gasteiger partial charge in [-0.3, -0.25) is 9.59 Å². The summed E-state index contributed by atoms with van der Waals surface area (Å²) in [5.41, 5.74) is 1.03. The third kappa shape index (κ3) is 1.54. The van der Waals surface area contributed by atoms with E-state index in [1.807, 2.05) is 0 Å². The van der Waals surface area contributed by atoms with Crippen molar-refractivity contribution in [2.75, 3.05) is 11.9 Å². The lowest BCUT2D eigenvalue weighted by Crippen LogP contribution is -2.25. The summed E-state index contributed by atoms with van der Waals surface area (Å²) in [5.74, 6) is -2.60. The summed E-state index contributed by atoms with van der Waals surface area (Å²) in [6.07, 6.45) is -0.306. The van der Waals surface area contributed by atoms with Gasteiger partial charge in [0.25, 0.3) is 0 Å². The maximum Gasteiger partial charge on any atom is 0.304 e. The third-order valence-electron chi connectivity index (χ3n) is 2.73. The molecule has 1 aromatic carbocycles. The molecule has 0 radical (unpaired) electrons. The van der Waals surface area contributed by atoms with Gasteiger partial charge >= 0.3 is 5.97 Å². The van der Waals surface area contributed by atoms with Crippen LogP contribution in [0.15, 0.2) is 18.2 Å². The fourth-order valence-electron chi connectivity index (χ4n) is 1.97. The summed E-state index contributed by atoms with van der Waals surface area (Å²) in [6, 6.07) is 3.97. The Bertz CT molecular complexity index is 472. The van der Waals surface area contributed by atoms with Gasteiger partial charge in [-0.2, -0.15) is 0 Å². The molecule has 1 amide bonds. The van der Waals surface area contributed by atoms with E-state index < -0.39 is 17.7 Å². The minimum Gasteiger partial charge on any atom is -0.481 e. The number of anilines is 1. The molecule has 2 rings (SSSR count). The van der Waals surface area contributed by atoms with E-state index in [1.165, 1.54) is 23.1 Å². The Labute approximate surface area is 91.3 Å². The minimum absolute atomic E-state index is 0.303. The van der Waals surface area contributed by atoms with E-state index in [0.717, 1.165) is 0 Å². The van der Waals surface area contributed by atoms with Crippen molar-refractivity contribution in [2.45, 2.75) is 12.3 Å². The number of carboxylic acids is 1. The molecule has 4 nitrogen and oxygen atoms in total. The highest BCUT2D eigenvalue weighted by molar-refractivity contribution is 6.05. The third-order valence-corrected chi connectivity index (χ3v) is 2.73. The number of carboxylic acid groups (broad SMARTS) is 1. The first kappa shape index (κ1) is 10.6. The van der Waals surface area contributed by atoms with E-state index in [4.69, 9.17) is 5.11 Å². The molecular formula is C11H10FNO3. The number of amides is 1. The largest absolute Gasteiger partial charge is 0.481 e. The van der Waals surface area contributed by atoms with Gasteiger partial charge in [-0.25, -0.2) is 4.39 Å². The monoisotopic (exact) mass is 223 g/mol. The first-order valence-corrected chi connectivity index (χ1v) is 4.79. The van der Waals surface area contributed by atoms with Gasteiger partial charge in [-0.05, 0) is 23.8 Å². The number of benzene rings is 1. The Kier molecular flexibility index (Phi) is 2.38. The minimum atomic E-state index is -1.07. The maximum atomic E-state index is 13.0. The summed E-state index contributed by atoms with van der Waals surface area (Å²) >= 11 is 0. The van der Waals surface area contributed by atoms with E-state index in [0.29, 0.717) is 11.3 Å². The zero-order valence-electron chi connectivity index (χ0n) is 8.61. The van der Waals surface area contributed by atoms with Gasteiger partial charge in [-0.1, -0.05) is 0 Å². The standard InChI is InChI=1S/C11H10FNO3/c1-13-9-3-2-6(12)4-7(9)8(11(13)16)5-10(14)15/h2-4,8H,5H2,1H3,(H,14,15)/t8-/m0/s1. The molecule has 1 aliphatic rings. The maximum absolute atomic E-state index is 13.0. The zero-order valence-corrected chi connectivity index (χ0v) is 8.61. The molecule has 1 heterocycles. The number of hydrogen-bond donors (Lipinski definition) is 1. The number of rotatable bonds is 2. The number of carbonyl (C=O) groups excluding carboxylic acids is 1. The molecule has 1 N–H and O–H groups in total. The van der Waals surface area contributed by atoms with Gasteiger partial charge in [-0.15, -0.1) is 0 Å². The number of hydrogen-bond acceptors (Lipinski definition) is 2. The van der Waals surface area contributed by atoms with Crippen molar-refractivity contribution in [3.05, 3.63) is 29.6 Å². The number of halogens is 1. The highest BCUT2D eigenvalue weighted by atomic mass is 19.1. The van der Waals surface area contributed by atoms with Gasteiger partial charge < -0.3 is 10.0 Å². The average Bonchev–Trinajstić information content (AvgIpc) is 2.43. The fraction of sp³-hybridized carbons (Fsp3) is 0.273. The van der Waals surface area contributed by atoms with E-state index in [9.17, 15) is 14.0 Å². The Balaban J connectivity index is 2.47. The van der Waals surface area contributed by atoms with E-state index in [2.05, 4.69) is 0 Å². The molecule has 1 atom stereocenters. The van der Waals surface area contributed by atoms with Crippen molar-refractivity contribution >= 4 is 17.6 Å². The van der Waals surface area contributed by atoms with Crippen molar-refractivity contribution in [1.82, 2.24) is 0 Å². The molecule has 0 aromatic heterocycles. The quantitative estimate of drug-likeness (QED) is 0.823. The van der Waals surface area contributed by atoms with Crippen molar-refractivity contribution in [3.63, 3.8) is 0 Å². The van der Waals surface area contributed by atoms with Crippen LogP contribution in [0.25, 0.3) is 0 Å². The number of nitrogens with zero attached hydrogens (tertiary/aromatic N) is 1. The lowest BCUT2D eigenvalue weighted by Gasteiger charge is -2.09. The van der Waals surface area contributed by atoms with Crippen LogP contribution < -0.4 is 4.90 Å². The number of likely N-dealkylation sites (N-methyl/N-ethyl adjacent to an activating group) is 1. The number of carbonyl (C=O) groups is 2. The van der Waals surface area contributed by atoms with Gasteiger partial charge in [0.05, 0.1) is 12.3 Å². The van der Waals surface area contributed by atoms with E-state index in [-0.39, 0.29) is 12.3 Å². The SMILES string of the molecule is CN1C(=O)[C@@H](CC(=O)O)c2cc(F)ccc21. The highest BCUT2D eigenvalue weighted by Gasteiger charge is 2.36. The molecule has 0 saturated heterocycles. The molecule has 0 bridgehead atoms. The molecule has 5 heteroatoms. The van der Waals surface area contributed by atoms with Crippen LogP contribution >= 0.6 is 0 Å². The molecule has 84 valence electrons. The second-order valence-corrected chi connectivity index (χ2v) is 3.75. The Morgan fingerprint density at radius 3 is 2.88 bits per heavy atom. The lowest BCUT2D eigenvalue weighted by atomic mass is 9.97. The Morgan fingerprint density at radius 1 is 1.56 bits per heavy atom. The van der Waals surface area contributed by atoms with Gasteiger partial charge in [0.1, 0.15) is 5.82 Å². The number of aliphatic carboxylic acids is 1. The fourth-order valence-corrected chi connectivity index (χ4v) is 1.97. The van der Waals surface area contributed by atoms with Gasteiger partial charge in [0.15, 0.2) is 0 Å². The number of fused-ring (bicyclic) bond motifs is 1. The average molecular weight is 223 g/mol. The van der Waals surface area contributed by atoms with Crippen LogP contribution in [0.4, 0.5) is 10.1 Å². The Hall–Kier alpha value is -1.91. The van der Waals surface area contributed by atoms with Gasteiger partial charge in [0, 0.05) is 12.7 Å². The second kappa shape index (κ2) is 3.59. The summed E-state index contributed by atoms with van der Waals surface area (Å²) in [4.78, 5) is 23.8. The van der Waals surface area contributed by atoms with Crippen LogP contribution in [-0.2, 0) is 9.59 Å². The van der Waals surface area contributed by atoms with Crippen molar-refractivity contribution in [2.24, 2.45) is 0 Å². The normalized spacial score (nSPS) is 18.8. The summed E-state index contributed by atoms with van der Waals surface area (Å²) in [7, 11) is 1.56.